The highest BCUT2D eigenvalue weighted by Gasteiger charge is 2.09. The van der Waals surface area contributed by atoms with Gasteiger partial charge in [0.1, 0.15) is 0 Å². The van der Waals surface area contributed by atoms with Crippen LogP contribution in [0.1, 0.15) is 16.7 Å². The molecule has 6 heteroatoms. The molecule has 0 saturated heterocycles. The molecule has 134 valence electrons. The largest absolute Gasteiger partial charge is 0.453 e. The summed E-state index contributed by atoms with van der Waals surface area (Å²) in [7, 11) is 1.33. The molecule has 0 bridgehead atoms. The third-order valence-electron chi connectivity index (χ3n) is 4.18. The molecule has 5 nitrogen and oxygen atoms in total. The van der Waals surface area contributed by atoms with Crippen LogP contribution in [0, 0.1) is 6.92 Å². The number of nitrogens with zero attached hydrogens (tertiary/aromatic N) is 2. The molecule has 0 aliphatic rings. The third-order valence-corrected chi connectivity index (χ3v) is 4.55. The quantitative estimate of drug-likeness (QED) is 0.724. The molecule has 0 aliphatic heterocycles. The fraction of sp³-hybridized carbons (Fsp3) is 0.200. The van der Waals surface area contributed by atoms with Gasteiger partial charge in [-0.25, -0.2) is 4.79 Å². The van der Waals surface area contributed by atoms with E-state index in [1.54, 1.807) is 0 Å². The Morgan fingerprint density at radius 2 is 2.00 bits per heavy atom. The van der Waals surface area contributed by atoms with Gasteiger partial charge >= 0.3 is 6.09 Å². The van der Waals surface area contributed by atoms with Crippen molar-refractivity contribution < 1.29 is 9.53 Å². The molecule has 0 unspecified atom stereocenters. The molecular weight excluding hydrogens is 350 g/mol. The zero-order chi connectivity index (χ0) is 18.5. The molecule has 26 heavy (non-hydrogen) atoms. The summed E-state index contributed by atoms with van der Waals surface area (Å²) in [5.74, 6) is 0. The second-order valence-electron chi connectivity index (χ2n) is 5.98. The van der Waals surface area contributed by atoms with Gasteiger partial charge in [-0.3, -0.25) is 4.68 Å². The first-order chi connectivity index (χ1) is 12.6. The number of methoxy groups -OCH3 is 1. The zero-order valence-corrected chi connectivity index (χ0v) is 15.5. The molecule has 1 aromatic heterocycles. The summed E-state index contributed by atoms with van der Waals surface area (Å²) in [5.41, 5.74) is 5.09. The molecule has 0 aliphatic carbocycles. The lowest BCUT2D eigenvalue weighted by Crippen LogP contribution is -2.22. The van der Waals surface area contributed by atoms with Crippen LogP contribution in [-0.4, -0.2) is 23.0 Å². The minimum absolute atomic E-state index is 0.295. The predicted octanol–water partition coefficient (Wildman–Crippen LogP) is 4.42. The maximum atomic E-state index is 11.3. The third kappa shape index (κ3) is 4.24. The Balaban J connectivity index is 1.78. The normalized spacial score (nSPS) is 10.6. The van der Waals surface area contributed by atoms with Gasteiger partial charge in [-0.05, 0) is 41.8 Å². The number of ether oxygens (including phenoxy) is 1. The minimum atomic E-state index is -0.492. The van der Waals surface area contributed by atoms with E-state index < -0.39 is 6.09 Å². The smallest absolute Gasteiger partial charge is 0.407 e. The van der Waals surface area contributed by atoms with Gasteiger partial charge in [0, 0.05) is 23.3 Å². The number of alkyl carbamates (subject to hydrolysis) is 1. The molecule has 3 aromatic rings. The summed E-state index contributed by atoms with van der Waals surface area (Å²) >= 11 is 6.22. The lowest BCUT2D eigenvalue weighted by atomic mass is 10.1. The molecular formula is C20H20ClN3O2. The number of hydrogen-bond acceptors (Lipinski definition) is 3. The number of halogens is 1. The van der Waals surface area contributed by atoms with E-state index in [-0.39, 0.29) is 0 Å². The van der Waals surface area contributed by atoms with E-state index in [0.29, 0.717) is 11.6 Å². The minimum Gasteiger partial charge on any atom is -0.453 e. The second-order valence-corrected chi connectivity index (χ2v) is 6.38. The van der Waals surface area contributed by atoms with Crippen molar-refractivity contribution in [1.82, 2.24) is 15.1 Å². The summed E-state index contributed by atoms with van der Waals surface area (Å²) < 4.78 is 6.50. The fourth-order valence-corrected chi connectivity index (χ4v) is 2.86. The molecule has 1 heterocycles. The van der Waals surface area contributed by atoms with Crippen molar-refractivity contribution in [1.29, 1.82) is 0 Å². The summed E-state index contributed by atoms with van der Waals surface area (Å²) in [6.45, 7) is 3.11. The summed E-state index contributed by atoms with van der Waals surface area (Å²) in [6, 6.07) is 15.9. The molecule has 0 atom stereocenters. The standard InChI is InChI=1S/C20H20ClN3O2/c1-14-5-3-4-6-16(14)13-24-10-9-19(23-24)15-7-8-18(21)17(11-15)12-22-20(25)26-2/h3-11H,12-13H2,1-2H3,(H,22,25). The van der Waals surface area contributed by atoms with Crippen LogP contribution in [-0.2, 0) is 17.8 Å². The van der Waals surface area contributed by atoms with Crippen LogP contribution in [0.25, 0.3) is 11.3 Å². The zero-order valence-electron chi connectivity index (χ0n) is 14.7. The van der Waals surface area contributed by atoms with Crippen molar-refractivity contribution >= 4 is 17.7 Å². The van der Waals surface area contributed by atoms with E-state index >= 15 is 0 Å². The molecule has 2 aromatic carbocycles. The number of amides is 1. The van der Waals surface area contributed by atoms with E-state index in [9.17, 15) is 4.79 Å². The summed E-state index contributed by atoms with van der Waals surface area (Å²) in [5, 5.41) is 7.89. The first kappa shape index (κ1) is 18.0. The fourth-order valence-electron chi connectivity index (χ4n) is 2.67. The highest BCUT2D eigenvalue weighted by atomic mass is 35.5. The van der Waals surface area contributed by atoms with E-state index in [4.69, 9.17) is 11.6 Å². The maximum absolute atomic E-state index is 11.3. The number of hydrogen-bond donors (Lipinski definition) is 1. The molecule has 0 fully saturated rings. The predicted molar refractivity (Wildman–Crippen MR) is 102 cm³/mol. The number of nitrogens with one attached hydrogen (secondary N) is 1. The van der Waals surface area contributed by atoms with Crippen LogP contribution in [0.2, 0.25) is 5.02 Å². The Morgan fingerprint density at radius 3 is 2.77 bits per heavy atom. The Morgan fingerprint density at radius 1 is 1.19 bits per heavy atom. The van der Waals surface area contributed by atoms with Gasteiger partial charge in [0.05, 0.1) is 19.3 Å². The van der Waals surface area contributed by atoms with E-state index in [1.165, 1.54) is 18.2 Å². The number of rotatable bonds is 5. The van der Waals surface area contributed by atoms with Gasteiger partial charge in [-0.1, -0.05) is 41.9 Å². The number of benzene rings is 2. The molecule has 3 rings (SSSR count). The van der Waals surface area contributed by atoms with Gasteiger partial charge in [0.2, 0.25) is 0 Å². The van der Waals surface area contributed by atoms with E-state index in [0.717, 1.165) is 23.4 Å². The average molecular weight is 370 g/mol. The topological polar surface area (TPSA) is 56.1 Å². The van der Waals surface area contributed by atoms with Crippen LogP contribution in [0.15, 0.2) is 54.7 Å². The monoisotopic (exact) mass is 369 g/mol. The van der Waals surface area contributed by atoms with Crippen LogP contribution >= 0.6 is 11.6 Å². The Bertz CT molecular complexity index is 921. The lowest BCUT2D eigenvalue weighted by molar-refractivity contribution is 0.170. The van der Waals surface area contributed by atoms with Crippen molar-refractivity contribution in [3.8, 4) is 11.3 Å². The Labute approximate surface area is 157 Å². The second kappa shape index (κ2) is 8.06. The first-order valence-corrected chi connectivity index (χ1v) is 8.63. The summed E-state index contributed by atoms with van der Waals surface area (Å²) in [6.07, 6.45) is 1.47. The van der Waals surface area contributed by atoms with Crippen molar-refractivity contribution in [2.75, 3.05) is 7.11 Å². The molecule has 0 saturated carbocycles. The number of carbonyl (C=O) groups is 1. The van der Waals surface area contributed by atoms with Gasteiger partial charge in [0.25, 0.3) is 0 Å². The number of carbonyl (C=O) groups excluding carboxylic acids is 1. The van der Waals surface area contributed by atoms with Crippen LogP contribution < -0.4 is 5.32 Å². The number of aryl methyl sites for hydroxylation is 1. The molecule has 0 radical (unpaired) electrons. The van der Waals surface area contributed by atoms with Crippen molar-refractivity contribution in [3.63, 3.8) is 0 Å². The SMILES string of the molecule is COC(=O)NCc1cc(-c2ccn(Cc3ccccc3C)n2)ccc1Cl. The van der Waals surface area contributed by atoms with Gasteiger partial charge in [-0.15, -0.1) is 0 Å². The van der Waals surface area contributed by atoms with Gasteiger partial charge in [0.15, 0.2) is 0 Å². The molecule has 0 spiro atoms. The van der Waals surface area contributed by atoms with Crippen LogP contribution in [0.3, 0.4) is 0 Å². The first-order valence-electron chi connectivity index (χ1n) is 8.25. The Hall–Kier alpha value is -2.79. The highest BCUT2D eigenvalue weighted by Crippen LogP contribution is 2.24. The van der Waals surface area contributed by atoms with E-state index in [2.05, 4.69) is 34.2 Å². The highest BCUT2D eigenvalue weighted by molar-refractivity contribution is 6.31. The van der Waals surface area contributed by atoms with Crippen molar-refractivity contribution in [2.24, 2.45) is 0 Å². The van der Waals surface area contributed by atoms with Crippen LogP contribution in [0.5, 0.6) is 0 Å². The van der Waals surface area contributed by atoms with E-state index in [1.807, 2.05) is 47.3 Å². The lowest BCUT2D eigenvalue weighted by Gasteiger charge is -2.08. The van der Waals surface area contributed by atoms with Gasteiger partial charge < -0.3 is 10.1 Å². The summed E-state index contributed by atoms with van der Waals surface area (Å²) in [4.78, 5) is 11.3. The van der Waals surface area contributed by atoms with Gasteiger partial charge in [-0.2, -0.15) is 5.10 Å². The average Bonchev–Trinajstić information content (AvgIpc) is 3.11. The Kier molecular flexibility index (Phi) is 5.58. The van der Waals surface area contributed by atoms with Crippen molar-refractivity contribution in [2.45, 2.75) is 20.0 Å². The number of aromatic nitrogens is 2. The molecule has 1 N–H and O–H groups in total. The van der Waals surface area contributed by atoms with Crippen molar-refractivity contribution in [3.05, 3.63) is 76.4 Å². The maximum Gasteiger partial charge on any atom is 0.407 e. The van der Waals surface area contributed by atoms with Crippen LogP contribution in [0.4, 0.5) is 4.79 Å². The molecule has 1 amide bonds.